The first-order valence-corrected chi connectivity index (χ1v) is 7.21. The zero-order chi connectivity index (χ0) is 14.0. The summed E-state index contributed by atoms with van der Waals surface area (Å²) in [5.41, 5.74) is 3.22. The Bertz CT molecular complexity index is 513. The highest BCUT2D eigenvalue weighted by molar-refractivity contribution is 7.80. The van der Waals surface area contributed by atoms with Gasteiger partial charge >= 0.3 is 0 Å². The van der Waals surface area contributed by atoms with Crippen molar-refractivity contribution < 1.29 is 4.79 Å². The van der Waals surface area contributed by atoms with E-state index in [-0.39, 0.29) is 11.8 Å². The average Bonchev–Trinajstić information content (AvgIpc) is 2.40. The van der Waals surface area contributed by atoms with Gasteiger partial charge in [-0.05, 0) is 43.1 Å². The van der Waals surface area contributed by atoms with E-state index in [1.165, 1.54) is 0 Å². The number of hydrogen-bond acceptors (Lipinski definition) is 2. The molecule has 1 heterocycles. The van der Waals surface area contributed by atoms with Gasteiger partial charge in [-0.25, -0.2) is 0 Å². The van der Waals surface area contributed by atoms with Gasteiger partial charge in [-0.3, -0.25) is 9.69 Å². The molecule has 4 heteroatoms. The number of aryl methyl sites for hydroxylation is 2. The molecule has 2 rings (SSSR count). The van der Waals surface area contributed by atoms with Gasteiger partial charge in [-0.1, -0.05) is 32.0 Å². The summed E-state index contributed by atoms with van der Waals surface area (Å²) >= 11 is 5.35. The van der Waals surface area contributed by atoms with E-state index in [9.17, 15) is 4.79 Å². The number of carbonyl (C=O) groups excluding carboxylic acids is 1. The van der Waals surface area contributed by atoms with Crippen LogP contribution in [0.3, 0.4) is 0 Å². The normalized spacial score (nSPS) is 19.5. The van der Waals surface area contributed by atoms with Crippen LogP contribution in [0.2, 0.25) is 0 Å². The molecular weight excluding hydrogens is 256 g/mol. The first-order chi connectivity index (χ1) is 9.10. The smallest absolute Gasteiger partial charge is 0.238 e. The van der Waals surface area contributed by atoms with Crippen LogP contribution in [0.25, 0.3) is 0 Å². The topological polar surface area (TPSA) is 32.3 Å². The minimum Gasteiger partial charge on any atom is -0.361 e. The van der Waals surface area contributed by atoms with Crippen LogP contribution in [0.15, 0.2) is 18.2 Å². The lowest BCUT2D eigenvalue weighted by Crippen LogP contribution is -2.55. The fraction of sp³-hybridized carbons (Fsp3) is 0.467. The maximum absolute atomic E-state index is 12.6. The van der Waals surface area contributed by atoms with Crippen LogP contribution in [0, 0.1) is 12.8 Å². The molecule has 1 aliphatic rings. The highest BCUT2D eigenvalue weighted by Crippen LogP contribution is 2.29. The molecule has 0 bridgehead atoms. The number of amides is 1. The van der Waals surface area contributed by atoms with Crippen molar-refractivity contribution in [1.29, 1.82) is 0 Å². The number of thiocarbonyl (C=S) groups is 1. The highest BCUT2D eigenvalue weighted by atomic mass is 32.1. The van der Waals surface area contributed by atoms with E-state index in [1.807, 2.05) is 26.0 Å². The van der Waals surface area contributed by atoms with Gasteiger partial charge in [0.2, 0.25) is 5.91 Å². The zero-order valence-electron chi connectivity index (χ0n) is 11.7. The number of anilines is 1. The van der Waals surface area contributed by atoms with Crippen molar-refractivity contribution in [3.8, 4) is 0 Å². The number of carbonyl (C=O) groups is 1. The predicted molar refractivity (Wildman–Crippen MR) is 82.4 cm³/mol. The molecule has 0 saturated carbocycles. The molecule has 1 unspecified atom stereocenters. The van der Waals surface area contributed by atoms with Crippen LogP contribution in [0.4, 0.5) is 5.69 Å². The molecular formula is C15H20N2OS. The van der Waals surface area contributed by atoms with Crippen LogP contribution >= 0.6 is 12.2 Å². The Morgan fingerprint density at radius 2 is 2.16 bits per heavy atom. The molecule has 1 atom stereocenters. The summed E-state index contributed by atoms with van der Waals surface area (Å²) in [4.78, 5) is 14.3. The molecule has 3 nitrogen and oxygen atoms in total. The van der Waals surface area contributed by atoms with Crippen molar-refractivity contribution in [3.05, 3.63) is 29.3 Å². The molecule has 0 spiro atoms. The van der Waals surface area contributed by atoms with Crippen molar-refractivity contribution in [1.82, 2.24) is 5.32 Å². The fourth-order valence-electron chi connectivity index (χ4n) is 2.52. The van der Waals surface area contributed by atoms with E-state index < -0.39 is 0 Å². The standard InChI is InChI=1S/C15H20N2OS/c1-4-11-8-6-7-10(3)13(11)17-14(18)12(5-2)9-16-15(17)19/h6-8,12H,4-5,9H2,1-3H3,(H,16,19). The van der Waals surface area contributed by atoms with E-state index in [0.717, 1.165) is 29.7 Å². The highest BCUT2D eigenvalue weighted by Gasteiger charge is 2.33. The van der Waals surface area contributed by atoms with E-state index in [0.29, 0.717) is 11.7 Å². The third-order valence-corrected chi connectivity index (χ3v) is 4.02. The van der Waals surface area contributed by atoms with Crippen molar-refractivity contribution >= 4 is 28.9 Å². The quantitative estimate of drug-likeness (QED) is 0.862. The molecule has 102 valence electrons. The van der Waals surface area contributed by atoms with Crippen molar-refractivity contribution in [2.24, 2.45) is 5.92 Å². The first kappa shape index (κ1) is 14.0. The molecule has 19 heavy (non-hydrogen) atoms. The Hall–Kier alpha value is -1.42. The zero-order valence-corrected chi connectivity index (χ0v) is 12.5. The Morgan fingerprint density at radius 1 is 1.42 bits per heavy atom. The molecule has 0 aromatic heterocycles. The lowest BCUT2D eigenvalue weighted by atomic mass is 9.99. The van der Waals surface area contributed by atoms with Gasteiger partial charge in [0, 0.05) is 6.54 Å². The second-order valence-electron chi connectivity index (χ2n) is 4.90. The molecule has 0 radical (unpaired) electrons. The molecule has 1 N–H and O–H groups in total. The Labute approximate surface area is 120 Å². The molecule has 0 aliphatic carbocycles. The summed E-state index contributed by atoms with van der Waals surface area (Å²) in [5.74, 6) is 0.131. The first-order valence-electron chi connectivity index (χ1n) is 6.80. The number of benzene rings is 1. The lowest BCUT2D eigenvalue weighted by Gasteiger charge is -2.35. The van der Waals surface area contributed by atoms with Gasteiger partial charge in [0.05, 0.1) is 11.6 Å². The van der Waals surface area contributed by atoms with E-state index in [2.05, 4.69) is 18.3 Å². The number of para-hydroxylation sites is 1. The molecule has 1 fully saturated rings. The molecule has 1 aromatic carbocycles. The van der Waals surface area contributed by atoms with Crippen LogP contribution in [-0.4, -0.2) is 17.6 Å². The van der Waals surface area contributed by atoms with Crippen LogP contribution in [-0.2, 0) is 11.2 Å². The minimum absolute atomic E-state index is 0.0102. The fourth-order valence-corrected chi connectivity index (χ4v) is 2.78. The lowest BCUT2D eigenvalue weighted by molar-refractivity contribution is -0.121. The van der Waals surface area contributed by atoms with Crippen LogP contribution < -0.4 is 10.2 Å². The maximum Gasteiger partial charge on any atom is 0.238 e. The monoisotopic (exact) mass is 276 g/mol. The van der Waals surface area contributed by atoms with E-state index in [4.69, 9.17) is 12.2 Å². The second-order valence-corrected chi connectivity index (χ2v) is 5.29. The number of nitrogens with zero attached hydrogens (tertiary/aromatic N) is 1. The summed E-state index contributed by atoms with van der Waals surface area (Å²) in [6, 6.07) is 6.12. The summed E-state index contributed by atoms with van der Waals surface area (Å²) < 4.78 is 0. The number of nitrogens with one attached hydrogen (secondary N) is 1. The van der Waals surface area contributed by atoms with Crippen LogP contribution in [0.1, 0.15) is 31.4 Å². The average molecular weight is 276 g/mol. The second kappa shape index (κ2) is 5.70. The third kappa shape index (κ3) is 2.50. The maximum atomic E-state index is 12.6. The largest absolute Gasteiger partial charge is 0.361 e. The third-order valence-electron chi connectivity index (χ3n) is 3.69. The predicted octanol–water partition coefficient (Wildman–Crippen LogP) is 2.80. The van der Waals surface area contributed by atoms with Crippen molar-refractivity contribution in [2.75, 3.05) is 11.4 Å². The van der Waals surface area contributed by atoms with Gasteiger partial charge in [-0.15, -0.1) is 0 Å². The molecule has 1 saturated heterocycles. The summed E-state index contributed by atoms with van der Waals surface area (Å²) in [5, 5.41) is 3.70. The van der Waals surface area contributed by atoms with Gasteiger partial charge in [-0.2, -0.15) is 0 Å². The van der Waals surface area contributed by atoms with Crippen LogP contribution in [0.5, 0.6) is 0 Å². The molecule has 1 aliphatic heterocycles. The molecule has 1 amide bonds. The number of rotatable bonds is 3. The molecule has 1 aromatic rings. The summed E-state index contributed by atoms with van der Waals surface area (Å²) in [7, 11) is 0. The SMILES string of the molecule is CCc1cccc(C)c1N1C(=O)C(CC)CNC1=S. The van der Waals surface area contributed by atoms with Gasteiger partial charge < -0.3 is 5.32 Å². The Balaban J connectivity index is 2.49. The van der Waals surface area contributed by atoms with E-state index in [1.54, 1.807) is 4.90 Å². The summed E-state index contributed by atoms with van der Waals surface area (Å²) in [6.45, 7) is 6.81. The van der Waals surface area contributed by atoms with Crippen molar-refractivity contribution in [2.45, 2.75) is 33.6 Å². The number of hydrogen-bond donors (Lipinski definition) is 1. The minimum atomic E-state index is 0.0102. The van der Waals surface area contributed by atoms with Gasteiger partial charge in [0.15, 0.2) is 5.11 Å². The van der Waals surface area contributed by atoms with Gasteiger partial charge in [0.25, 0.3) is 0 Å². The Morgan fingerprint density at radius 3 is 2.79 bits per heavy atom. The van der Waals surface area contributed by atoms with Gasteiger partial charge in [0.1, 0.15) is 0 Å². The Kier molecular flexibility index (Phi) is 4.20. The van der Waals surface area contributed by atoms with Crippen molar-refractivity contribution in [3.63, 3.8) is 0 Å². The summed E-state index contributed by atoms with van der Waals surface area (Å²) in [6.07, 6.45) is 1.72. The van der Waals surface area contributed by atoms with E-state index >= 15 is 0 Å².